The second kappa shape index (κ2) is 11.9. The highest BCUT2D eigenvalue weighted by molar-refractivity contribution is 9.10. The fraction of sp³-hybridized carbons (Fsp3) is 0.120. The molecule has 1 aliphatic rings. The van der Waals surface area contributed by atoms with Gasteiger partial charge in [-0.25, -0.2) is 0 Å². The molecule has 3 aromatic rings. The molecule has 198 valence electrons. The van der Waals surface area contributed by atoms with E-state index in [0.29, 0.717) is 26.2 Å². The first-order chi connectivity index (χ1) is 18.0. The molecule has 7 nitrogen and oxygen atoms in total. The lowest BCUT2D eigenvalue weighted by Crippen LogP contribution is -2.27. The van der Waals surface area contributed by atoms with Gasteiger partial charge in [0.05, 0.1) is 32.6 Å². The minimum atomic E-state index is -4.20. The van der Waals surface area contributed by atoms with E-state index in [0.717, 1.165) is 16.7 Å². The molecule has 3 aromatic carbocycles. The van der Waals surface area contributed by atoms with Crippen molar-refractivity contribution in [3.05, 3.63) is 90.2 Å². The largest absolute Gasteiger partial charge is 0.490 e. The summed E-state index contributed by atoms with van der Waals surface area (Å²) in [6.45, 7) is 1.97. The van der Waals surface area contributed by atoms with Crippen LogP contribution in [0, 0.1) is 0 Å². The average Bonchev–Trinajstić information content (AvgIpc) is 3.11. The number of imide groups is 1. The van der Waals surface area contributed by atoms with Crippen molar-refractivity contribution >= 4 is 89.8 Å². The minimum Gasteiger partial charge on any atom is -0.490 e. The second-order valence-corrected chi connectivity index (χ2v) is 12.4. The van der Waals surface area contributed by atoms with E-state index in [4.69, 9.17) is 43.7 Å². The van der Waals surface area contributed by atoms with Gasteiger partial charge in [-0.1, -0.05) is 40.9 Å². The molecule has 1 saturated heterocycles. The van der Waals surface area contributed by atoms with Gasteiger partial charge in [0.1, 0.15) is 4.90 Å². The molecule has 0 N–H and O–H groups in total. The first kappa shape index (κ1) is 28.8. The molecule has 0 atom stereocenters. The maximum atomic E-state index is 13.0. The van der Waals surface area contributed by atoms with Gasteiger partial charge in [0.2, 0.25) is 0 Å². The summed E-state index contributed by atoms with van der Waals surface area (Å²) in [5.41, 5.74) is 1.13. The second-order valence-electron chi connectivity index (χ2n) is 7.77. The van der Waals surface area contributed by atoms with Crippen LogP contribution in [0.1, 0.15) is 18.1 Å². The molecular weight excluding hydrogens is 661 g/mol. The zero-order valence-corrected chi connectivity index (χ0v) is 24.9. The molecule has 13 heteroatoms. The standard InChI is InChI=1S/C25H17BrCl3NO6S2/c1-2-35-21-11-15(9-18(26)23(21)36-38(33,34)17-6-4-16(27)5-7-17)12-22-24(31)30(25(32)37-22)13-14-3-8-19(28)20(29)10-14/h3-12H,2,13H2,1H3/b22-12-. The molecule has 0 spiro atoms. The number of hydrogen-bond acceptors (Lipinski definition) is 7. The Bertz CT molecular complexity index is 1560. The molecule has 0 aromatic heterocycles. The number of carbonyl (C=O) groups excluding carboxylic acids is 2. The molecule has 38 heavy (non-hydrogen) atoms. The summed E-state index contributed by atoms with van der Waals surface area (Å²) < 4.78 is 36.9. The number of thioether (sulfide) groups is 1. The normalized spacial score (nSPS) is 14.9. The minimum absolute atomic E-state index is 0.0299. The molecule has 1 fully saturated rings. The summed E-state index contributed by atoms with van der Waals surface area (Å²) in [7, 11) is -4.20. The summed E-state index contributed by atoms with van der Waals surface area (Å²) in [4.78, 5) is 26.8. The molecule has 0 radical (unpaired) electrons. The predicted octanol–water partition coefficient (Wildman–Crippen LogP) is 7.81. The number of rotatable bonds is 8. The van der Waals surface area contributed by atoms with E-state index >= 15 is 0 Å². The van der Waals surface area contributed by atoms with Crippen LogP contribution < -0.4 is 8.92 Å². The Balaban J connectivity index is 1.61. The summed E-state index contributed by atoms with van der Waals surface area (Å²) in [6, 6.07) is 13.5. The van der Waals surface area contributed by atoms with E-state index in [1.165, 1.54) is 36.4 Å². The number of hydrogen-bond donors (Lipinski definition) is 0. The topological polar surface area (TPSA) is 90.0 Å². The Morgan fingerprint density at radius 1 is 1.00 bits per heavy atom. The number of benzene rings is 3. The van der Waals surface area contributed by atoms with Crippen molar-refractivity contribution in [1.29, 1.82) is 0 Å². The predicted molar refractivity (Wildman–Crippen MR) is 153 cm³/mol. The SMILES string of the molecule is CCOc1cc(/C=C2\SC(=O)N(Cc3ccc(Cl)c(Cl)c3)C2=O)cc(Br)c1OS(=O)(=O)c1ccc(Cl)cc1. The monoisotopic (exact) mass is 675 g/mol. The molecular formula is C25H17BrCl3NO6S2. The van der Waals surface area contributed by atoms with Crippen LogP contribution in [0.25, 0.3) is 6.08 Å². The third-order valence-electron chi connectivity index (χ3n) is 5.12. The van der Waals surface area contributed by atoms with Gasteiger partial charge in [-0.2, -0.15) is 8.42 Å². The Labute approximate surface area is 246 Å². The highest BCUT2D eigenvalue weighted by Gasteiger charge is 2.35. The van der Waals surface area contributed by atoms with Gasteiger partial charge >= 0.3 is 10.1 Å². The Morgan fingerprint density at radius 2 is 1.71 bits per heavy atom. The smallest absolute Gasteiger partial charge is 0.339 e. The zero-order chi connectivity index (χ0) is 27.6. The van der Waals surface area contributed by atoms with Crippen molar-refractivity contribution < 1.29 is 26.9 Å². The summed E-state index contributed by atoms with van der Waals surface area (Å²) >= 11 is 22.0. The maximum absolute atomic E-state index is 13.0. The Morgan fingerprint density at radius 3 is 2.37 bits per heavy atom. The number of ether oxygens (including phenoxy) is 1. The third kappa shape index (κ3) is 6.50. The van der Waals surface area contributed by atoms with Gasteiger partial charge in [-0.15, -0.1) is 0 Å². The molecule has 4 rings (SSSR count). The van der Waals surface area contributed by atoms with Gasteiger partial charge in [0.15, 0.2) is 11.5 Å². The molecule has 1 aliphatic heterocycles. The van der Waals surface area contributed by atoms with Crippen LogP contribution in [0.2, 0.25) is 15.1 Å². The van der Waals surface area contributed by atoms with Crippen LogP contribution in [0.5, 0.6) is 11.5 Å². The Kier molecular flexibility index (Phi) is 9.01. The maximum Gasteiger partial charge on any atom is 0.339 e. The van der Waals surface area contributed by atoms with Gasteiger partial charge < -0.3 is 8.92 Å². The van der Waals surface area contributed by atoms with Crippen molar-refractivity contribution in [2.75, 3.05) is 6.61 Å². The third-order valence-corrected chi connectivity index (χ3v) is 8.85. The van der Waals surface area contributed by atoms with E-state index in [-0.39, 0.29) is 38.9 Å². The van der Waals surface area contributed by atoms with Crippen LogP contribution in [-0.2, 0) is 21.5 Å². The summed E-state index contributed by atoms with van der Waals surface area (Å²) in [6.07, 6.45) is 1.52. The van der Waals surface area contributed by atoms with Crippen molar-refractivity contribution in [3.63, 3.8) is 0 Å². The van der Waals surface area contributed by atoms with Gasteiger partial charge in [-0.3, -0.25) is 14.5 Å². The summed E-state index contributed by atoms with van der Waals surface area (Å²) in [5, 5.41) is 0.630. The van der Waals surface area contributed by atoms with Crippen molar-refractivity contribution in [3.8, 4) is 11.5 Å². The lowest BCUT2D eigenvalue weighted by atomic mass is 10.1. The van der Waals surface area contributed by atoms with Crippen molar-refractivity contribution in [1.82, 2.24) is 4.90 Å². The number of halogens is 4. The van der Waals surface area contributed by atoms with Crippen LogP contribution in [0.4, 0.5) is 4.79 Å². The van der Waals surface area contributed by atoms with Gasteiger partial charge in [0, 0.05) is 5.02 Å². The van der Waals surface area contributed by atoms with Crippen LogP contribution >= 0.6 is 62.5 Å². The van der Waals surface area contributed by atoms with E-state index < -0.39 is 21.3 Å². The number of nitrogens with zero attached hydrogens (tertiary/aromatic N) is 1. The summed E-state index contributed by atoms with van der Waals surface area (Å²) in [5.74, 6) is -0.418. The number of carbonyl (C=O) groups is 2. The fourth-order valence-corrected chi connectivity index (χ4v) is 6.27. The van der Waals surface area contributed by atoms with Crippen molar-refractivity contribution in [2.24, 2.45) is 0 Å². The molecule has 2 amide bonds. The van der Waals surface area contributed by atoms with Crippen molar-refractivity contribution in [2.45, 2.75) is 18.4 Å². The van der Waals surface area contributed by atoms with E-state index in [1.54, 1.807) is 31.2 Å². The highest BCUT2D eigenvalue weighted by Crippen LogP contribution is 2.41. The van der Waals surface area contributed by atoms with E-state index in [9.17, 15) is 18.0 Å². The first-order valence-electron chi connectivity index (χ1n) is 10.8. The molecule has 1 heterocycles. The van der Waals surface area contributed by atoms with Crippen LogP contribution in [0.15, 0.2) is 68.9 Å². The fourth-order valence-electron chi connectivity index (χ4n) is 3.38. The van der Waals surface area contributed by atoms with Crippen LogP contribution in [-0.4, -0.2) is 31.1 Å². The zero-order valence-electron chi connectivity index (χ0n) is 19.4. The Hall–Kier alpha value is -2.21. The molecule has 0 aliphatic carbocycles. The average molecular weight is 678 g/mol. The highest BCUT2D eigenvalue weighted by atomic mass is 79.9. The van der Waals surface area contributed by atoms with Gasteiger partial charge in [-0.05, 0) is 100 Å². The lowest BCUT2D eigenvalue weighted by molar-refractivity contribution is -0.123. The molecule has 0 saturated carbocycles. The molecule has 0 unspecified atom stereocenters. The quantitative estimate of drug-likeness (QED) is 0.178. The number of amides is 2. The van der Waals surface area contributed by atoms with E-state index in [2.05, 4.69) is 15.9 Å². The first-order valence-corrected chi connectivity index (χ1v) is 15.0. The van der Waals surface area contributed by atoms with Crippen LogP contribution in [0.3, 0.4) is 0 Å². The van der Waals surface area contributed by atoms with Gasteiger partial charge in [0.25, 0.3) is 11.1 Å². The lowest BCUT2D eigenvalue weighted by Gasteiger charge is -2.15. The van der Waals surface area contributed by atoms with E-state index in [1.807, 2.05) is 0 Å². The molecule has 0 bridgehead atoms.